The lowest BCUT2D eigenvalue weighted by molar-refractivity contribution is -0.155. The molecule has 6 heteroatoms. The summed E-state index contributed by atoms with van der Waals surface area (Å²) in [7, 11) is 0. The van der Waals surface area contributed by atoms with E-state index in [0.29, 0.717) is 18.7 Å². The standard InChI is InChI=1S/C23H29F2NO3/c1-22(2,25)16-26-13-9-17(10-14-26)15-29-23(21(27)28)11-7-18(8-12-23)19-5-3-4-6-20(19)24/h3-8,11-12,17-18H,9-10,13-16H2,1-2H3,(H,27,28). The third-order valence-corrected chi connectivity index (χ3v) is 5.57. The maximum Gasteiger partial charge on any atom is 0.344 e. The van der Waals surface area contributed by atoms with Crippen LogP contribution in [0.25, 0.3) is 0 Å². The molecule has 0 bridgehead atoms. The molecule has 3 rings (SSSR count). The number of ether oxygens (including phenoxy) is 1. The number of benzene rings is 1. The number of allylic oxidation sites excluding steroid dienone is 2. The summed E-state index contributed by atoms with van der Waals surface area (Å²) in [4.78, 5) is 14.0. The second-order valence-corrected chi connectivity index (χ2v) is 8.61. The number of aliphatic carboxylic acids is 1. The van der Waals surface area contributed by atoms with E-state index in [9.17, 15) is 18.7 Å². The fraction of sp³-hybridized carbons (Fsp3) is 0.522. The summed E-state index contributed by atoms with van der Waals surface area (Å²) in [5.41, 5.74) is -2.25. The highest BCUT2D eigenvalue weighted by Crippen LogP contribution is 2.31. The number of hydrogen-bond acceptors (Lipinski definition) is 3. The van der Waals surface area contributed by atoms with Gasteiger partial charge in [-0.3, -0.25) is 0 Å². The average Bonchev–Trinajstić information content (AvgIpc) is 2.67. The van der Waals surface area contributed by atoms with Crippen molar-refractivity contribution in [1.29, 1.82) is 0 Å². The van der Waals surface area contributed by atoms with Crippen LogP contribution in [0.3, 0.4) is 0 Å². The molecule has 1 aromatic carbocycles. The predicted octanol–water partition coefficient (Wildman–Crippen LogP) is 4.34. The van der Waals surface area contributed by atoms with Crippen molar-refractivity contribution in [2.75, 3.05) is 26.2 Å². The number of halogens is 2. The van der Waals surface area contributed by atoms with E-state index < -0.39 is 17.2 Å². The number of alkyl halides is 1. The van der Waals surface area contributed by atoms with Crippen LogP contribution in [0.5, 0.6) is 0 Å². The van der Waals surface area contributed by atoms with Gasteiger partial charge in [-0.1, -0.05) is 30.4 Å². The van der Waals surface area contributed by atoms with Crippen molar-refractivity contribution < 1.29 is 23.4 Å². The maximum atomic E-state index is 14.0. The minimum Gasteiger partial charge on any atom is -0.479 e. The Morgan fingerprint density at radius 3 is 2.41 bits per heavy atom. The van der Waals surface area contributed by atoms with Crippen molar-refractivity contribution in [2.45, 2.75) is 43.9 Å². The zero-order chi connectivity index (χ0) is 21.1. The highest BCUT2D eigenvalue weighted by molar-refractivity contribution is 5.83. The van der Waals surface area contributed by atoms with Crippen LogP contribution in [0.15, 0.2) is 48.6 Å². The normalized spacial score (nSPS) is 26.0. The van der Waals surface area contributed by atoms with Gasteiger partial charge in [-0.2, -0.15) is 0 Å². The molecule has 0 saturated carbocycles. The van der Waals surface area contributed by atoms with E-state index in [1.807, 2.05) is 0 Å². The molecule has 0 aromatic heterocycles. The first kappa shape index (κ1) is 21.7. The van der Waals surface area contributed by atoms with E-state index in [1.54, 1.807) is 44.2 Å². The van der Waals surface area contributed by atoms with Crippen LogP contribution in [0, 0.1) is 11.7 Å². The first-order valence-electron chi connectivity index (χ1n) is 10.1. The van der Waals surface area contributed by atoms with Crippen molar-refractivity contribution in [2.24, 2.45) is 5.92 Å². The van der Waals surface area contributed by atoms with Crippen LogP contribution in [0.4, 0.5) is 8.78 Å². The molecule has 2 aliphatic rings. The van der Waals surface area contributed by atoms with Crippen molar-refractivity contribution in [1.82, 2.24) is 4.90 Å². The summed E-state index contributed by atoms with van der Waals surface area (Å²) in [5, 5.41) is 9.75. The molecule has 158 valence electrons. The summed E-state index contributed by atoms with van der Waals surface area (Å²) < 4.78 is 33.7. The Kier molecular flexibility index (Phi) is 6.54. The van der Waals surface area contributed by atoms with Crippen LogP contribution in [-0.4, -0.2) is 53.5 Å². The molecule has 4 nitrogen and oxygen atoms in total. The van der Waals surface area contributed by atoms with Crippen LogP contribution in [0.2, 0.25) is 0 Å². The van der Waals surface area contributed by atoms with Gasteiger partial charge in [0.2, 0.25) is 5.60 Å². The number of piperidine rings is 1. The van der Waals surface area contributed by atoms with Gasteiger partial charge in [0, 0.05) is 12.5 Å². The Bertz CT molecular complexity index is 763. The third kappa shape index (κ3) is 5.52. The summed E-state index contributed by atoms with van der Waals surface area (Å²) in [6, 6.07) is 6.46. The van der Waals surface area contributed by atoms with Gasteiger partial charge in [-0.15, -0.1) is 0 Å². The molecular formula is C23H29F2NO3. The number of carbonyl (C=O) groups is 1. The number of carboxylic acids is 1. The van der Waals surface area contributed by atoms with E-state index in [0.717, 1.165) is 25.9 Å². The van der Waals surface area contributed by atoms with Crippen molar-refractivity contribution >= 4 is 5.97 Å². The first-order chi connectivity index (χ1) is 13.7. The molecule has 0 spiro atoms. The minimum absolute atomic E-state index is 0.233. The Morgan fingerprint density at radius 1 is 1.24 bits per heavy atom. The van der Waals surface area contributed by atoms with E-state index in [1.165, 1.54) is 18.2 Å². The minimum atomic E-state index is -1.53. The van der Waals surface area contributed by atoms with Gasteiger partial charge in [0.15, 0.2) is 0 Å². The highest BCUT2D eigenvalue weighted by Gasteiger charge is 2.38. The molecular weight excluding hydrogens is 376 g/mol. The molecule has 1 saturated heterocycles. The Balaban J connectivity index is 1.58. The fourth-order valence-corrected chi connectivity index (χ4v) is 3.96. The lowest BCUT2D eigenvalue weighted by atomic mass is 9.87. The first-order valence-corrected chi connectivity index (χ1v) is 10.1. The Morgan fingerprint density at radius 2 is 1.86 bits per heavy atom. The van der Waals surface area contributed by atoms with Gasteiger partial charge in [0.25, 0.3) is 0 Å². The molecule has 1 N–H and O–H groups in total. The molecule has 29 heavy (non-hydrogen) atoms. The summed E-state index contributed by atoms with van der Waals surface area (Å²) >= 11 is 0. The molecule has 1 fully saturated rings. The maximum absolute atomic E-state index is 14.0. The molecule has 1 heterocycles. The summed E-state index contributed by atoms with van der Waals surface area (Å²) in [6.07, 6.45) is 8.06. The second-order valence-electron chi connectivity index (χ2n) is 8.61. The average molecular weight is 405 g/mol. The van der Waals surface area contributed by atoms with Gasteiger partial charge >= 0.3 is 5.97 Å². The number of carboxylic acid groups (broad SMARTS) is 1. The molecule has 1 aromatic rings. The van der Waals surface area contributed by atoms with Crippen LogP contribution in [0.1, 0.15) is 38.2 Å². The predicted molar refractivity (Wildman–Crippen MR) is 108 cm³/mol. The quantitative estimate of drug-likeness (QED) is 0.686. The highest BCUT2D eigenvalue weighted by atomic mass is 19.1. The van der Waals surface area contributed by atoms with Crippen molar-refractivity contribution in [3.8, 4) is 0 Å². The SMILES string of the molecule is CC(C)(F)CN1CCC(COC2(C(=O)O)C=CC(c3ccccc3F)C=C2)CC1. The van der Waals surface area contributed by atoms with Crippen molar-refractivity contribution in [3.63, 3.8) is 0 Å². The second kappa shape index (κ2) is 8.76. The topological polar surface area (TPSA) is 49.8 Å². The molecule has 0 atom stereocenters. The zero-order valence-electron chi connectivity index (χ0n) is 17.0. The third-order valence-electron chi connectivity index (χ3n) is 5.57. The summed E-state index contributed by atoms with van der Waals surface area (Å²) in [6.45, 7) is 5.44. The zero-order valence-corrected chi connectivity index (χ0v) is 17.0. The summed E-state index contributed by atoms with van der Waals surface area (Å²) in [5.74, 6) is -1.50. The van der Waals surface area contributed by atoms with E-state index in [4.69, 9.17) is 4.74 Å². The number of rotatable bonds is 7. The van der Waals surface area contributed by atoms with Crippen LogP contribution < -0.4 is 0 Å². The lowest BCUT2D eigenvalue weighted by Crippen LogP contribution is -2.44. The lowest BCUT2D eigenvalue weighted by Gasteiger charge is -2.36. The smallest absolute Gasteiger partial charge is 0.344 e. The van der Waals surface area contributed by atoms with E-state index in [2.05, 4.69) is 4.90 Å². The Labute approximate surface area is 170 Å². The van der Waals surface area contributed by atoms with Gasteiger partial charge in [0.05, 0.1) is 6.61 Å². The number of hydrogen-bond donors (Lipinski definition) is 1. The Hall–Kier alpha value is -2.05. The number of nitrogens with zero attached hydrogens (tertiary/aromatic N) is 1. The van der Waals surface area contributed by atoms with Gasteiger partial charge in [0.1, 0.15) is 11.5 Å². The van der Waals surface area contributed by atoms with E-state index >= 15 is 0 Å². The van der Waals surface area contributed by atoms with Crippen molar-refractivity contribution in [3.05, 3.63) is 60.0 Å². The molecule has 1 aliphatic carbocycles. The van der Waals surface area contributed by atoms with Crippen LogP contribution in [-0.2, 0) is 9.53 Å². The number of likely N-dealkylation sites (tertiary alicyclic amines) is 1. The largest absolute Gasteiger partial charge is 0.479 e. The van der Waals surface area contributed by atoms with E-state index in [-0.39, 0.29) is 17.7 Å². The van der Waals surface area contributed by atoms with Crippen LogP contribution >= 0.6 is 0 Å². The van der Waals surface area contributed by atoms with Gasteiger partial charge in [-0.05, 0) is 69.5 Å². The van der Waals surface area contributed by atoms with Gasteiger partial charge < -0.3 is 14.7 Å². The van der Waals surface area contributed by atoms with Gasteiger partial charge in [-0.25, -0.2) is 13.6 Å². The molecule has 0 unspecified atom stereocenters. The molecule has 0 amide bonds. The fourth-order valence-electron chi connectivity index (χ4n) is 3.96. The molecule has 0 radical (unpaired) electrons. The monoisotopic (exact) mass is 405 g/mol. The molecule has 1 aliphatic heterocycles.